The van der Waals surface area contributed by atoms with Crippen LogP contribution >= 0.6 is 0 Å². The van der Waals surface area contributed by atoms with Gasteiger partial charge in [-0.25, -0.2) is 0 Å². The van der Waals surface area contributed by atoms with E-state index in [1.165, 1.54) is 118 Å². The highest BCUT2D eigenvalue weighted by molar-refractivity contribution is 6.33. The Hall–Kier alpha value is -2.60. The average Bonchev–Trinajstić information content (AvgIpc) is 2.89. The van der Waals surface area contributed by atoms with Gasteiger partial charge in [0.25, 0.3) is 0 Å². The third-order valence-corrected chi connectivity index (χ3v) is 9.44. The van der Waals surface area contributed by atoms with E-state index >= 15 is 0 Å². The fourth-order valence-electron chi connectivity index (χ4n) is 7.51. The third-order valence-electron chi connectivity index (χ3n) is 9.44. The van der Waals surface area contributed by atoms with Crippen molar-refractivity contribution in [1.82, 2.24) is 0 Å². The molecular weight excluding hydrogens is 408 g/mol. The van der Waals surface area contributed by atoms with Crippen molar-refractivity contribution >= 4 is 43.1 Å². The highest BCUT2D eigenvalue weighted by Crippen LogP contribution is 2.46. The first kappa shape index (κ1) is 20.7. The number of aryl methyl sites for hydroxylation is 2. The van der Waals surface area contributed by atoms with Crippen LogP contribution in [-0.4, -0.2) is 0 Å². The summed E-state index contributed by atoms with van der Waals surface area (Å²) in [5, 5.41) is 11.9. The molecule has 0 radical (unpaired) electrons. The van der Waals surface area contributed by atoms with Crippen LogP contribution in [0.4, 0.5) is 0 Å². The molecule has 0 saturated heterocycles. The van der Waals surface area contributed by atoms with Gasteiger partial charge in [0.05, 0.1) is 0 Å². The van der Waals surface area contributed by atoms with Gasteiger partial charge in [-0.3, -0.25) is 0 Å². The second kappa shape index (κ2) is 7.98. The molecule has 5 aromatic rings. The smallest absolute Gasteiger partial charge is 0.00235 e. The van der Waals surface area contributed by atoms with Crippen LogP contribution in [0.3, 0.4) is 0 Å². The van der Waals surface area contributed by atoms with Crippen LogP contribution in [-0.2, 0) is 0 Å². The molecule has 0 spiro atoms. The molecule has 34 heavy (non-hydrogen) atoms. The molecule has 0 atom stereocenters. The van der Waals surface area contributed by atoms with Crippen molar-refractivity contribution in [2.24, 2.45) is 0 Å². The van der Waals surface area contributed by atoms with Crippen molar-refractivity contribution in [2.45, 2.75) is 89.9 Å². The van der Waals surface area contributed by atoms with Gasteiger partial charge in [0.15, 0.2) is 0 Å². The van der Waals surface area contributed by atoms with Crippen molar-refractivity contribution in [2.75, 3.05) is 0 Å². The quantitative estimate of drug-likeness (QED) is 0.188. The van der Waals surface area contributed by atoms with Crippen LogP contribution in [0.5, 0.6) is 0 Å². The Kier molecular flexibility index (Phi) is 4.87. The molecule has 0 nitrogen and oxygen atoms in total. The molecule has 2 saturated carbocycles. The van der Waals surface area contributed by atoms with Gasteiger partial charge >= 0.3 is 0 Å². The van der Waals surface area contributed by atoms with Gasteiger partial charge in [-0.2, -0.15) is 0 Å². The summed E-state index contributed by atoms with van der Waals surface area (Å²) < 4.78 is 0. The molecule has 0 heterocycles. The minimum atomic E-state index is 0.730. The highest BCUT2D eigenvalue weighted by atomic mass is 14.3. The van der Waals surface area contributed by atoms with E-state index < -0.39 is 0 Å². The summed E-state index contributed by atoms with van der Waals surface area (Å²) >= 11 is 0. The largest absolute Gasteiger partial charge is 0.0581 e. The molecule has 0 aromatic heterocycles. The first-order valence-electron chi connectivity index (χ1n) is 13.8. The SMILES string of the molecule is Cc1ccc2c3cc(C4CCCCC4)cc4c(C)ccc(c5cc(C6CCCCC6)cc1c25)c43. The molecule has 0 amide bonds. The first-order chi connectivity index (χ1) is 16.7. The Labute approximate surface area is 203 Å². The average molecular weight is 445 g/mol. The van der Waals surface area contributed by atoms with Gasteiger partial charge in [-0.15, -0.1) is 0 Å². The molecule has 0 heteroatoms. The van der Waals surface area contributed by atoms with E-state index in [2.05, 4.69) is 62.4 Å². The lowest BCUT2D eigenvalue weighted by molar-refractivity contribution is 0.444. The minimum absolute atomic E-state index is 0.730. The summed E-state index contributed by atoms with van der Waals surface area (Å²) in [6, 6.07) is 19.9. The van der Waals surface area contributed by atoms with Crippen molar-refractivity contribution in [3.8, 4) is 0 Å². The topological polar surface area (TPSA) is 0 Å². The maximum atomic E-state index is 2.59. The lowest BCUT2D eigenvalue weighted by atomic mass is 9.79. The Morgan fingerprint density at radius 2 is 0.824 bits per heavy atom. The van der Waals surface area contributed by atoms with E-state index in [1.807, 2.05) is 0 Å². The fraction of sp³-hybridized carbons (Fsp3) is 0.412. The molecular formula is C34H36. The molecule has 2 aliphatic rings. The summed E-state index contributed by atoms with van der Waals surface area (Å²) in [6.45, 7) is 4.62. The molecule has 2 aliphatic carbocycles. The first-order valence-corrected chi connectivity index (χ1v) is 13.8. The predicted molar refractivity (Wildman–Crippen MR) is 149 cm³/mol. The Balaban J connectivity index is 1.59. The van der Waals surface area contributed by atoms with Gasteiger partial charge < -0.3 is 0 Å². The number of fused-ring (bicyclic) bond motifs is 2. The standard InChI is InChI=1S/C34H36/c1-21-13-15-27-32-20-26(24-11-7-4-8-12-24)18-30-22(2)14-16-28(34(30)32)31-19-25(17-29(21)33(27)31)23-9-5-3-6-10-23/h13-20,23-24H,3-12H2,1-2H3. The summed E-state index contributed by atoms with van der Waals surface area (Å²) in [5.74, 6) is 1.46. The lowest BCUT2D eigenvalue weighted by Crippen LogP contribution is -2.05. The summed E-state index contributed by atoms with van der Waals surface area (Å²) in [7, 11) is 0. The molecule has 0 N–H and O–H groups in total. The summed E-state index contributed by atoms with van der Waals surface area (Å²) in [6.07, 6.45) is 13.8. The number of rotatable bonds is 2. The zero-order valence-corrected chi connectivity index (χ0v) is 20.8. The van der Waals surface area contributed by atoms with Crippen LogP contribution in [0.1, 0.15) is 98.3 Å². The van der Waals surface area contributed by atoms with Gasteiger partial charge in [-0.1, -0.05) is 87.1 Å². The zero-order valence-electron chi connectivity index (χ0n) is 20.8. The van der Waals surface area contributed by atoms with Crippen molar-refractivity contribution in [3.05, 3.63) is 70.8 Å². The molecule has 7 rings (SSSR count). The predicted octanol–water partition coefficient (Wildman–Crippen LogP) is 10.4. The van der Waals surface area contributed by atoms with Crippen LogP contribution in [0, 0.1) is 13.8 Å². The lowest BCUT2D eigenvalue weighted by Gasteiger charge is -2.26. The number of hydrogen-bond acceptors (Lipinski definition) is 0. The fourth-order valence-corrected chi connectivity index (χ4v) is 7.51. The summed E-state index contributed by atoms with van der Waals surface area (Å²) in [5.41, 5.74) is 6.01. The molecule has 0 aliphatic heterocycles. The van der Waals surface area contributed by atoms with Crippen molar-refractivity contribution in [1.29, 1.82) is 0 Å². The Morgan fingerprint density at radius 1 is 0.441 bits per heavy atom. The summed E-state index contributed by atoms with van der Waals surface area (Å²) in [4.78, 5) is 0. The van der Waals surface area contributed by atoms with E-state index in [4.69, 9.17) is 0 Å². The van der Waals surface area contributed by atoms with Gasteiger partial charge in [0.2, 0.25) is 0 Å². The molecule has 2 fully saturated rings. The van der Waals surface area contributed by atoms with E-state index in [9.17, 15) is 0 Å². The third kappa shape index (κ3) is 3.10. The van der Waals surface area contributed by atoms with Crippen LogP contribution in [0.2, 0.25) is 0 Å². The maximum Gasteiger partial charge on any atom is -0.00235 e. The van der Waals surface area contributed by atoms with Gasteiger partial charge in [-0.05, 0) is 117 Å². The second-order valence-corrected chi connectivity index (χ2v) is 11.5. The molecule has 5 aromatic carbocycles. The second-order valence-electron chi connectivity index (χ2n) is 11.5. The number of benzene rings is 5. The van der Waals surface area contributed by atoms with Crippen LogP contribution in [0.25, 0.3) is 43.1 Å². The van der Waals surface area contributed by atoms with Gasteiger partial charge in [0.1, 0.15) is 0 Å². The van der Waals surface area contributed by atoms with E-state index in [0.29, 0.717) is 0 Å². The number of hydrogen-bond donors (Lipinski definition) is 0. The Bertz CT molecular complexity index is 1410. The molecule has 0 unspecified atom stereocenters. The van der Waals surface area contributed by atoms with Crippen LogP contribution < -0.4 is 0 Å². The highest BCUT2D eigenvalue weighted by Gasteiger charge is 2.22. The monoisotopic (exact) mass is 444 g/mol. The van der Waals surface area contributed by atoms with E-state index in [0.717, 1.165) is 11.8 Å². The van der Waals surface area contributed by atoms with Crippen molar-refractivity contribution < 1.29 is 0 Å². The minimum Gasteiger partial charge on any atom is -0.0581 e. The van der Waals surface area contributed by atoms with E-state index in [1.54, 1.807) is 11.1 Å². The Morgan fingerprint density at radius 3 is 1.24 bits per heavy atom. The normalized spacial score (nSPS) is 18.6. The zero-order chi connectivity index (χ0) is 22.8. The van der Waals surface area contributed by atoms with Crippen LogP contribution in [0.15, 0.2) is 48.5 Å². The maximum absolute atomic E-state index is 2.59. The van der Waals surface area contributed by atoms with Gasteiger partial charge in [0, 0.05) is 0 Å². The molecule has 172 valence electrons. The van der Waals surface area contributed by atoms with E-state index in [-0.39, 0.29) is 0 Å². The molecule has 0 bridgehead atoms. The van der Waals surface area contributed by atoms with Crippen molar-refractivity contribution in [3.63, 3.8) is 0 Å².